The van der Waals surface area contributed by atoms with Gasteiger partial charge >= 0.3 is 0 Å². The van der Waals surface area contributed by atoms with E-state index in [2.05, 4.69) is 15.3 Å². The van der Waals surface area contributed by atoms with E-state index in [1.54, 1.807) is 0 Å². The van der Waals surface area contributed by atoms with Crippen LogP contribution in [0.15, 0.2) is 6.33 Å². The molecule has 0 atom stereocenters. The largest absolute Gasteiger partial charge is 0.354 e. The number of imidazole rings is 1. The van der Waals surface area contributed by atoms with Crippen LogP contribution >= 0.6 is 0 Å². The number of hydrogen-bond acceptors (Lipinski definition) is 4. The van der Waals surface area contributed by atoms with Gasteiger partial charge in [-0.05, 0) is 0 Å². The second-order valence-corrected chi connectivity index (χ2v) is 2.18. The van der Waals surface area contributed by atoms with Crippen molar-refractivity contribution < 1.29 is 9.59 Å². The Balaban J connectivity index is 3.02. The summed E-state index contributed by atoms with van der Waals surface area (Å²) >= 11 is 0. The first kappa shape index (κ1) is 9.20. The normalized spacial score (nSPS) is 9.38. The number of nitrogen functional groups attached to an aromatic ring is 1. The van der Waals surface area contributed by atoms with Gasteiger partial charge in [0.05, 0.1) is 6.33 Å². The van der Waals surface area contributed by atoms with E-state index in [1.807, 2.05) is 5.43 Å². The second-order valence-electron chi connectivity index (χ2n) is 2.18. The van der Waals surface area contributed by atoms with E-state index in [0.717, 1.165) is 0 Å². The average molecular weight is 183 g/mol. The zero-order valence-electron chi connectivity index (χ0n) is 6.92. The fourth-order valence-corrected chi connectivity index (χ4v) is 0.833. The maximum Gasteiger partial charge on any atom is 0.286 e. The van der Waals surface area contributed by atoms with Crippen LogP contribution in [-0.4, -0.2) is 28.8 Å². The summed E-state index contributed by atoms with van der Waals surface area (Å²) in [4.78, 5) is 28.3. The quantitative estimate of drug-likeness (QED) is 0.250. The van der Waals surface area contributed by atoms with Crippen molar-refractivity contribution in [3.8, 4) is 0 Å². The number of carbonyl (C=O) groups excluding carboxylic acids is 2. The lowest BCUT2D eigenvalue weighted by Crippen LogP contribution is -2.32. The van der Waals surface area contributed by atoms with Gasteiger partial charge < -0.3 is 10.3 Å². The summed E-state index contributed by atoms with van der Waals surface area (Å²) in [5, 5.41) is 2.36. The van der Waals surface area contributed by atoms with Crippen molar-refractivity contribution >= 4 is 11.8 Å². The van der Waals surface area contributed by atoms with E-state index in [0.29, 0.717) is 0 Å². The van der Waals surface area contributed by atoms with Crippen LogP contribution in [0.1, 0.15) is 21.0 Å². The molecule has 1 aromatic heterocycles. The van der Waals surface area contributed by atoms with E-state index >= 15 is 0 Å². The van der Waals surface area contributed by atoms with Crippen LogP contribution in [0, 0.1) is 0 Å². The molecule has 0 radical (unpaired) electrons. The zero-order chi connectivity index (χ0) is 9.84. The molecule has 0 bridgehead atoms. The minimum atomic E-state index is -0.611. The molecule has 1 aromatic rings. The number of nitrogens with two attached hydrogens (primary N) is 1. The van der Waals surface area contributed by atoms with Gasteiger partial charge in [-0.25, -0.2) is 10.8 Å². The van der Waals surface area contributed by atoms with Gasteiger partial charge in [-0.3, -0.25) is 15.0 Å². The molecule has 1 heterocycles. The third kappa shape index (κ3) is 1.64. The number of hydrogen-bond donors (Lipinski definition) is 4. The van der Waals surface area contributed by atoms with Crippen molar-refractivity contribution in [2.24, 2.45) is 5.84 Å². The summed E-state index contributed by atoms with van der Waals surface area (Å²) in [5.74, 6) is 3.86. The molecule has 0 saturated carbocycles. The van der Waals surface area contributed by atoms with Crippen LogP contribution in [0.3, 0.4) is 0 Å². The summed E-state index contributed by atoms with van der Waals surface area (Å²) in [6.45, 7) is 0. The molecule has 2 amide bonds. The van der Waals surface area contributed by atoms with E-state index in [4.69, 9.17) is 5.84 Å². The van der Waals surface area contributed by atoms with E-state index in [1.165, 1.54) is 13.4 Å². The zero-order valence-corrected chi connectivity index (χ0v) is 6.92. The van der Waals surface area contributed by atoms with Crippen molar-refractivity contribution in [1.29, 1.82) is 0 Å². The first-order valence-corrected chi connectivity index (χ1v) is 3.47. The van der Waals surface area contributed by atoms with E-state index in [-0.39, 0.29) is 11.4 Å². The Bertz CT molecular complexity index is 301. The predicted octanol–water partition coefficient (Wildman–Crippen LogP) is -1.63. The van der Waals surface area contributed by atoms with E-state index in [9.17, 15) is 9.59 Å². The molecule has 0 unspecified atom stereocenters. The molecule has 0 spiro atoms. The molecule has 7 nitrogen and oxygen atoms in total. The highest BCUT2D eigenvalue weighted by Gasteiger charge is 2.17. The van der Waals surface area contributed by atoms with Crippen LogP contribution in [-0.2, 0) is 0 Å². The molecular formula is C6H9N5O2. The van der Waals surface area contributed by atoms with Gasteiger partial charge in [-0.2, -0.15) is 0 Å². The summed E-state index contributed by atoms with van der Waals surface area (Å²) in [6.07, 6.45) is 1.25. The fourth-order valence-electron chi connectivity index (χ4n) is 0.833. The van der Waals surface area contributed by atoms with E-state index < -0.39 is 11.8 Å². The minimum Gasteiger partial charge on any atom is -0.354 e. The topological polar surface area (TPSA) is 113 Å². The lowest BCUT2D eigenvalue weighted by atomic mass is 10.3. The highest BCUT2D eigenvalue weighted by atomic mass is 16.2. The average Bonchev–Trinajstić information content (AvgIpc) is 2.63. The maximum atomic E-state index is 11.1. The third-order valence-corrected chi connectivity index (χ3v) is 1.44. The summed E-state index contributed by atoms with van der Waals surface area (Å²) in [5.41, 5.74) is 1.95. The molecule has 0 aromatic carbocycles. The predicted molar refractivity (Wildman–Crippen MR) is 43.6 cm³/mol. The number of aromatic amines is 1. The van der Waals surface area contributed by atoms with Gasteiger partial charge in [-0.1, -0.05) is 0 Å². The second kappa shape index (κ2) is 3.68. The number of aromatic nitrogens is 2. The number of amides is 2. The standard InChI is InChI=1S/C6H9N5O2/c1-8-5(12)3-4(6(13)11-7)10-2-9-3/h2H,7H2,1H3,(H,8,12)(H,9,10)(H,11,13). The monoisotopic (exact) mass is 183 g/mol. The lowest BCUT2D eigenvalue weighted by Gasteiger charge is -1.98. The van der Waals surface area contributed by atoms with Crippen molar-refractivity contribution in [2.45, 2.75) is 0 Å². The number of hydrazine groups is 1. The summed E-state index contributed by atoms with van der Waals surface area (Å²) in [6, 6.07) is 0. The van der Waals surface area contributed by atoms with Gasteiger partial charge in [0.2, 0.25) is 0 Å². The number of nitrogens with one attached hydrogen (secondary N) is 3. The van der Waals surface area contributed by atoms with Gasteiger partial charge in [-0.15, -0.1) is 0 Å². The van der Waals surface area contributed by atoms with Crippen molar-refractivity contribution in [2.75, 3.05) is 7.05 Å². The highest BCUT2D eigenvalue weighted by Crippen LogP contribution is 2.01. The molecule has 70 valence electrons. The van der Waals surface area contributed by atoms with Crippen LogP contribution < -0.4 is 16.6 Å². The van der Waals surface area contributed by atoms with Gasteiger partial charge in [0, 0.05) is 7.05 Å². The van der Waals surface area contributed by atoms with Crippen LogP contribution in [0.2, 0.25) is 0 Å². The smallest absolute Gasteiger partial charge is 0.286 e. The molecule has 13 heavy (non-hydrogen) atoms. The fraction of sp³-hybridized carbons (Fsp3) is 0.167. The molecular weight excluding hydrogens is 174 g/mol. The van der Waals surface area contributed by atoms with Crippen molar-refractivity contribution in [3.63, 3.8) is 0 Å². The molecule has 0 aliphatic carbocycles. The Labute approximate surface area is 73.7 Å². The Kier molecular flexibility index (Phi) is 2.60. The Morgan fingerprint density at radius 1 is 1.54 bits per heavy atom. The minimum absolute atomic E-state index is 0.0261. The van der Waals surface area contributed by atoms with Gasteiger partial charge in [0.25, 0.3) is 11.8 Å². The van der Waals surface area contributed by atoms with Gasteiger partial charge in [0.15, 0.2) is 5.69 Å². The Morgan fingerprint density at radius 2 is 2.23 bits per heavy atom. The van der Waals surface area contributed by atoms with Crippen LogP contribution in [0.4, 0.5) is 0 Å². The molecule has 0 aliphatic rings. The number of H-pyrrole nitrogens is 1. The highest BCUT2D eigenvalue weighted by molar-refractivity contribution is 6.04. The third-order valence-electron chi connectivity index (χ3n) is 1.44. The molecule has 0 aliphatic heterocycles. The SMILES string of the molecule is CNC(=O)c1[nH]cnc1C(=O)NN. The number of carbonyl (C=O) groups is 2. The lowest BCUT2D eigenvalue weighted by molar-refractivity contribution is 0.0919. The Hall–Kier alpha value is -1.89. The number of rotatable bonds is 2. The van der Waals surface area contributed by atoms with Crippen molar-refractivity contribution in [3.05, 3.63) is 17.7 Å². The van der Waals surface area contributed by atoms with Crippen molar-refractivity contribution in [1.82, 2.24) is 20.7 Å². The molecule has 1 rings (SSSR count). The summed E-state index contributed by atoms with van der Waals surface area (Å²) in [7, 11) is 1.45. The molecule has 7 heteroatoms. The molecule has 5 N–H and O–H groups in total. The van der Waals surface area contributed by atoms with Crippen LogP contribution in [0.5, 0.6) is 0 Å². The Morgan fingerprint density at radius 3 is 2.77 bits per heavy atom. The molecule has 0 saturated heterocycles. The molecule has 0 fully saturated rings. The van der Waals surface area contributed by atoms with Crippen LogP contribution in [0.25, 0.3) is 0 Å². The summed E-state index contributed by atoms with van der Waals surface area (Å²) < 4.78 is 0. The number of nitrogens with zero attached hydrogens (tertiary/aromatic N) is 1. The van der Waals surface area contributed by atoms with Gasteiger partial charge in [0.1, 0.15) is 5.69 Å². The first-order valence-electron chi connectivity index (χ1n) is 3.47. The maximum absolute atomic E-state index is 11.1. The first-order chi connectivity index (χ1) is 6.20.